The Hall–Kier alpha value is -3.15. The lowest BCUT2D eigenvalue weighted by atomic mass is 10.1. The van der Waals surface area contributed by atoms with Crippen molar-refractivity contribution in [2.75, 3.05) is 10.2 Å². The van der Waals surface area contributed by atoms with E-state index in [4.69, 9.17) is 5.11 Å². The summed E-state index contributed by atoms with van der Waals surface area (Å²) >= 11 is 0. The highest BCUT2D eigenvalue weighted by Crippen LogP contribution is 2.25. The summed E-state index contributed by atoms with van der Waals surface area (Å²) in [6.45, 7) is 1.96. The van der Waals surface area contributed by atoms with Gasteiger partial charge in [-0.2, -0.15) is 0 Å². The smallest absolute Gasteiger partial charge is 0.307 e. The Morgan fingerprint density at radius 2 is 1.92 bits per heavy atom. The van der Waals surface area contributed by atoms with E-state index in [1.165, 1.54) is 0 Å². The van der Waals surface area contributed by atoms with E-state index in [-0.39, 0.29) is 24.7 Å². The highest BCUT2D eigenvalue weighted by Gasteiger charge is 2.39. The van der Waals surface area contributed by atoms with Gasteiger partial charge in [-0.1, -0.05) is 24.3 Å². The van der Waals surface area contributed by atoms with E-state index in [9.17, 15) is 14.4 Å². The number of aryl methyl sites for hydroxylation is 1. The number of aliphatic carboxylic acids is 1. The topological polar surface area (TPSA) is 86.7 Å². The quantitative estimate of drug-likeness (QED) is 0.817. The number of benzene rings is 2. The largest absolute Gasteiger partial charge is 0.481 e. The van der Waals surface area contributed by atoms with E-state index in [0.29, 0.717) is 11.3 Å². The van der Waals surface area contributed by atoms with Crippen molar-refractivity contribution in [1.82, 2.24) is 0 Å². The number of carbonyl (C=O) groups excluding carboxylic acids is 2. The summed E-state index contributed by atoms with van der Waals surface area (Å²) in [6.07, 6.45) is -0.0106. The van der Waals surface area contributed by atoms with Crippen LogP contribution >= 0.6 is 0 Å². The number of nitrogens with zero attached hydrogens (tertiary/aromatic N) is 1. The van der Waals surface area contributed by atoms with E-state index in [0.717, 1.165) is 16.2 Å². The molecule has 1 fully saturated rings. The Kier molecular flexibility index (Phi) is 4.52. The number of carbonyl (C=O) groups is 3. The molecule has 0 aromatic heterocycles. The highest BCUT2D eigenvalue weighted by molar-refractivity contribution is 6.23. The summed E-state index contributed by atoms with van der Waals surface area (Å²) in [7, 11) is 0. The van der Waals surface area contributed by atoms with Crippen LogP contribution in [0, 0.1) is 6.92 Å². The van der Waals surface area contributed by atoms with Crippen molar-refractivity contribution in [1.29, 1.82) is 0 Å². The van der Waals surface area contributed by atoms with Crippen molar-refractivity contribution in [3.8, 4) is 0 Å². The lowest BCUT2D eigenvalue weighted by molar-refractivity contribution is -0.136. The van der Waals surface area contributed by atoms with Gasteiger partial charge in [0.1, 0.15) is 6.04 Å². The molecule has 1 aliphatic heterocycles. The van der Waals surface area contributed by atoms with Crippen LogP contribution in [0.2, 0.25) is 0 Å². The maximum absolute atomic E-state index is 12.6. The lowest BCUT2D eigenvalue weighted by Gasteiger charge is -2.16. The summed E-state index contributed by atoms with van der Waals surface area (Å²) in [5, 5.41) is 11.9. The zero-order valence-corrected chi connectivity index (χ0v) is 13.7. The third-order valence-corrected chi connectivity index (χ3v) is 4.06. The number of hydrogen-bond donors (Lipinski definition) is 2. The van der Waals surface area contributed by atoms with E-state index >= 15 is 0 Å². The second-order valence-electron chi connectivity index (χ2n) is 6.07. The minimum Gasteiger partial charge on any atom is -0.481 e. The number of nitrogens with one attached hydrogen (secondary N) is 1. The Bertz CT molecular complexity index is 830. The van der Waals surface area contributed by atoms with Crippen LogP contribution in [0.4, 0.5) is 11.4 Å². The molecule has 1 heterocycles. The molecule has 1 unspecified atom stereocenters. The van der Waals surface area contributed by atoms with Crippen molar-refractivity contribution in [2.45, 2.75) is 25.8 Å². The van der Waals surface area contributed by atoms with Crippen LogP contribution in [0.25, 0.3) is 0 Å². The highest BCUT2D eigenvalue weighted by atomic mass is 16.4. The first-order chi connectivity index (χ1) is 11.9. The molecule has 25 heavy (non-hydrogen) atoms. The van der Waals surface area contributed by atoms with Crippen molar-refractivity contribution < 1.29 is 19.5 Å². The van der Waals surface area contributed by atoms with Gasteiger partial charge in [-0.05, 0) is 42.3 Å². The summed E-state index contributed by atoms with van der Waals surface area (Å²) in [6, 6.07) is 13.4. The second-order valence-corrected chi connectivity index (χ2v) is 6.07. The fourth-order valence-corrected chi connectivity index (χ4v) is 2.89. The molecule has 128 valence electrons. The van der Waals surface area contributed by atoms with Gasteiger partial charge >= 0.3 is 5.97 Å². The molecule has 0 aliphatic carbocycles. The lowest BCUT2D eigenvalue weighted by Crippen LogP contribution is -2.34. The average molecular weight is 338 g/mol. The Morgan fingerprint density at radius 3 is 2.56 bits per heavy atom. The fraction of sp³-hybridized carbons (Fsp3) is 0.211. The molecule has 1 saturated heterocycles. The van der Waals surface area contributed by atoms with Gasteiger partial charge in [0.05, 0.1) is 18.5 Å². The molecule has 0 saturated carbocycles. The normalized spacial score (nSPS) is 17.0. The standard InChI is InChI=1S/C19H18N2O4/c1-12-3-2-4-14(9-12)20-16-11-17(22)21(19(16)25)15-7-5-13(6-8-15)10-18(23)24/h2-9,16,20H,10-11H2,1H3,(H,23,24). The van der Waals surface area contributed by atoms with Crippen LogP contribution in [-0.2, 0) is 20.8 Å². The van der Waals surface area contributed by atoms with Gasteiger partial charge in [0.25, 0.3) is 5.91 Å². The number of amides is 2. The van der Waals surface area contributed by atoms with Gasteiger partial charge in [0.2, 0.25) is 5.91 Å². The molecule has 2 aromatic carbocycles. The Balaban J connectivity index is 1.76. The van der Waals surface area contributed by atoms with E-state index in [1.54, 1.807) is 24.3 Å². The molecule has 3 rings (SSSR count). The molecule has 2 N–H and O–H groups in total. The first-order valence-electron chi connectivity index (χ1n) is 7.95. The summed E-state index contributed by atoms with van der Waals surface area (Å²) in [4.78, 5) is 36.8. The maximum Gasteiger partial charge on any atom is 0.307 e. The fourth-order valence-electron chi connectivity index (χ4n) is 2.89. The molecule has 0 spiro atoms. The number of hydrogen-bond acceptors (Lipinski definition) is 4. The molecule has 1 aliphatic rings. The van der Waals surface area contributed by atoms with Gasteiger partial charge in [-0.25, -0.2) is 4.90 Å². The van der Waals surface area contributed by atoms with Gasteiger partial charge < -0.3 is 10.4 Å². The molecule has 2 aromatic rings. The van der Waals surface area contributed by atoms with Crippen LogP contribution in [0.1, 0.15) is 17.5 Å². The van der Waals surface area contributed by atoms with E-state index in [2.05, 4.69) is 5.32 Å². The van der Waals surface area contributed by atoms with Crippen molar-refractivity contribution in [3.05, 3.63) is 59.7 Å². The number of carboxylic acids is 1. The molecular weight excluding hydrogens is 320 g/mol. The predicted octanol–water partition coefficient (Wildman–Crippen LogP) is 2.37. The minimum absolute atomic E-state index is 0.0870. The molecule has 1 atom stereocenters. The number of anilines is 2. The van der Waals surface area contributed by atoms with Crippen LogP contribution < -0.4 is 10.2 Å². The van der Waals surface area contributed by atoms with E-state index in [1.807, 2.05) is 31.2 Å². The number of rotatable bonds is 5. The molecule has 2 amide bonds. The van der Waals surface area contributed by atoms with Gasteiger partial charge in [0, 0.05) is 5.69 Å². The SMILES string of the molecule is Cc1cccc(NC2CC(=O)N(c3ccc(CC(=O)O)cc3)C2=O)c1. The van der Waals surface area contributed by atoms with Crippen LogP contribution in [0.15, 0.2) is 48.5 Å². The maximum atomic E-state index is 12.6. The van der Waals surface area contributed by atoms with Crippen LogP contribution in [-0.4, -0.2) is 28.9 Å². The van der Waals surface area contributed by atoms with Crippen molar-refractivity contribution in [3.63, 3.8) is 0 Å². The third kappa shape index (κ3) is 3.68. The van der Waals surface area contributed by atoms with Crippen molar-refractivity contribution in [2.24, 2.45) is 0 Å². The number of imide groups is 1. The minimum atomic E-state index is -0.927. The first-order valence-corrected chi connectivity index (χ1v) is 7.95. The third-order valence-electron chi connectivity index (χ3n) is 4.06. The Morgan fingerprint density at radius 1 is 1.20 bits per heavy atom. The second kappa shape index (κ2) is 6.76. The molecule has 6 heteroatoms. The van der Waals surface area contributed by atoms with Gasteiger partial charge in [0.15, 0.2) is 0 Å². The van der Waals surface area contributed by atoms with Gasteiger partial charge in [-0.3, -0.25) is 14.4 Å². The number of carboxylic acid groups (broad SMARTS) is 1. The summed E-state index contributed by atoms with van der Waals surface area (Å²) in [5.74, 6) is -1.51. The van der Waals surface area contributed by atoms with Gasteiger partial charge in [-0.15, -0.1) is 0 Å². The molecule has 0 bridgehead atoms. The van der Waals surface area contributed by atoms with E-state index < -0.39 is 12.0 Å². The monoisotopic (exact) mass is 338 g/mol. The Labute approximate surface area is 145 Å². The van der Waals surface area contributed by atoms with Crippen LogP contribution in [0.3, 0.4) is 0 Å². The predicted molar refractivity (Wildman–Crippen MR) is 93.5 cm³/mol. The summed E-state index contributed by atoms with van der Waals surface area (Å²) in [5.41, 5.74) is 2.93. The zero-order valence-electron chi connectivity index (χ0n) is 13.7. The molecule has 6 nitrogen and oxygen atoms in total. The molecular formula is C19H18N2O4. The average Bonchev–Trinajstić information content (AvgIpc) is 2.82. The summed E-state index contributed by atoms with van der Waals surface area (Å²) < 4.78 is 0. The van der Waals surface area contributed by atoms with Crippen molar-refractivity contribution >= 4 is 29.2 Å². The van der Waals surface area contributed by atoms with Crippen LogP contribution in [0.5, 0.6) is 0 Å². The zero-order chi connectivity index (χ0) is 18.0. The first kappa shape index (κ1) is 16.7. The molecule has 0 radical (unpaired) electrons.